The SMILES string of the molecule is CCCCCc1ccc(C(=O)OO[C](C)C)cc1. The van der Waals surface area contributed by atoms with E-state index in [1.165, 1.54) is 24.8 Å². The van der Waals surface area contributed by atoms with Gasteiger partial charge in [0.1, 0.15) is 6.10 Å². The number of benzene rings is 1. The third kappa shape index (κ3) is 5.32. The molecule has 0 aliphatic carbocycles. The van der Waals surface area contributed by atoms with Crippen molar-refractivity contribution < 1.29 is 14.6 Å². The zero-order chi connectivity index (χ0) is 13.4. The fraction of sp³-hybridized carbons (Fsp3) is 0.467. The average molecular weight is 249 g/mol. The molecule has 0 N–H and O–H groups in total. The van der Waals surface area contributed by atoms with Gasteiger partial charge >= 0.3 is 5.97 Å². The van der Waals surface area contributed by atoms with E-state index in [1.54, 1.807) is 26.0 Å². The number of aryl methyl sites for hydroxylation is 1. The predicted octanol–water partition coefficient (Wildman–Crippen LogP) is 4.08. The fourth-order valence-corrected chi connectivity index (χ4v) is 1.56. The maximum atomic E-state index is 11.6. The van der Waals surface area contributed by atoms with Gasteiger partial charge in [-0.3, -0.25) is 4.89 Å². The lowest BCUT2D eigenvalue weighted by Gasteiger charge is -2.06. The Morgan fingerprint density at radius 2 is 1.72 bits per heavy atom. The molecule has 0 unspecified atom stereocenters. The monoisotopic (exact) mass is 249 g/mol. The van der Waals surface area contributed by atoms with Crippen molar-refractivity contribution in [2.75, 3.05) is 0 Å². The molecule has 1 aromatic rings. The number of hydrogen-bond donors (Lipinski definition) is 0. The van der Waals surface area contributed by atoms with Crippen LogP contribution in [0, 0.1) is 6.10 Å². The predicted molar refractivity (Wildman–Crippen MR) is 70.8 cm³/mol. The summed E-state index contributed by atoms with van der Waals surface area (Å²) < 4.78 is 0. The van der Waals surface area contributed by atoms with E-state index in [0.717, 1.165) is 6.42 Å². The van der Waals surface area contributed by atoms with Crippen LogP contribution in [0.2, 0.25) is 0 Å². The van der Waals surface area contributed by atoms with E-state index in [0.29, 0.717) is 11.7 Å². The first-order valence-electron chi connectivity index (χ1n) is 6.41. The normalized spacial score (nSPS) is 10.7. The first-order valence-corrected chi connectivity index (χ1v) is 6.41. The highest BCUT2D eigenvalue weighted by Gasteiger charge is 2.09. The Morgan fingerprint density at radius 3 is 2.28 bits per heavy atom. The number of carbonyl (C=O) groups excluding carboxylic acids is 1. The second-order valence-electron chi connectivity index (χ2n) is 4.52. The summed E-state index contributed by atoms with van der Waals surface area (Å²) >= 11 is 0. The smallest absolute Gasteiger partial charge is 0.292 e. The van der Waals surface area contributed by atoms with Crippen LogP contribution >= 0.6 is 0 Å². The van der Waals surface area contributed by atoms with E-state index in [2.05, 4.69) is 11.8 Å². The van der Waals surface area contributed by atoms with E-state index in [9.17, 15) is 4.79 Å². The maximum absolute atomic E-state index is 11.6. The van der Waals surface area contributed by atoms with E-state index < -0.39 is 5.97 Å². The van der Waals surface area contributed by atoms with Gasteiger partial charge in [0.15, 0.2) is 0 Å². The molecule has 18 heavy (non-hydrogen) atoms. The molecule has 0 amide bonds. The maximum Gasteiger partial charge on any atom is 0.373 e. The van der Waals surface area contributed by atoms with Crippen molar-refractivity contribution in [2.24, 2.45) is 0 Å². The number of unbranched alkanes of at least 4 members (excludes halogenated alkanes) is 2. The number of rotatable bonds is 7. The second-order valence-corrected chi connectivity index (χ2v) is 4.52. The molecule has 1 rings (SSSR count). The van der Waals surface area contributed by atoms with E-state index in [-0.39, 0.29) is 0 Å². The first-order chi connectivity index (χ1) is 8.63. The molecule has 0 fully saturated rings. The molecule has 0 spiro atoms. The van der Waals surface area contributed by atoms with Crippen molar-refractivity contribution in [1.82, 2.24) is 0 Å². The molecule has 0 aromatic heterocycles. The summed E-state index contributed by atoms with van der Waals surface area (Å²) in [4.78, 5) is 20.9. The van der Waals surface area contributed by atoms with Crippen LogP contribution in [0.5, 0.6) is 0 Å². The minimum atomic E-state index is -0.462. The van der Waals surface area contributed by atoms with Gasteiger partial charge in [-0.25, -0.2) is 4.79 Å². The zero-order valence-electron chi connectivity index (χ0n) is 11.4. The minimum absolute atomic E-state index is 0.462. The van der Waals surface area contributed by atoms with Gasteiger partial charge in [-0.2, -0.15) is 4.89 Å². The van der Waals surface area contributed by atoms with Crippen molar-refractivity contribution in [3.63, 3.8) is 0 Å². The van der Waals surface area contributed by atoms with Crippen LogP contribution in [0.25, 0.3) is 0 Å². The van der Waals surface area contributed by atoms with Crippen molar-refractivity contribution in [2.45, 2.75) is 46.5 Å². The summed E-state index contributed by atoms with van der Waals surface area (Å²) in [6, 6.07) is 7.49. The molecular weight excluding hydrogens is 228 g/mol. The molecule has 0 saturated carbocycles. The molecule has 0 aliphatic rings. The standard InChI is InChI=1S/C15H21O3/c1-4-5-6-7-13-8-10-14(11-9-13)15(16)18-17-12(2)3/h8-11H,4-7H2,1-3H3. The first kappa shape index (κ1) is 14.7. The number of carbonyl (C=O) groups is 1. The lowest BCUT2D eigenvalue weighted by Crippen LogP contribution is -2.07. The summed E-state index contributed by atoms with van der Waals surface area (Å²) in [6.07, 6.45) is 5.30. The van der Waals surface area contributed by atoms with Crippen molar-refractivity contribution in [3.8, 4) is 0 Å². The lowest BCUT2D eigenvalue weighted by atomic mass is 10.1. The van der Waals surface area contributed by atoms with E-state index >= 15 is 0 Å². The Balaban J connectivity index is 2.46. The van der Waals surface area contributed by atoms with E-state index in [4.69, 9.17) is 4.89 Å². The summed E-state index contributed by atoms with van der Waals surface area (Å²) in [5, 5.41) is 0. The average Bonchev–Trinajstić information content (AvgIpc) is 2.37. The van der Waals surface area contributed by atoms with Crippen molar-refractivity contribution >= 4 is 5.97 Å². The molecule has 0 heterocycles. The van der Waals surface area contributed by atoms with Crippen LogP contribution < -0.4 is 0 Å². The van der Waals surface area contributed by atoms with E-state index in [1.807, 2.05) is 12.1 Å². The van der Waals surface area contributed by atoms with Crippen LogP contribution in [0.4, 0.5) is 0 Å². The van der Waals surface area contributed by atoms with Crippen LogP contribution in [-0.2, 0) is 16.2 Å². The molecule has 1 radical (unpaired) electrons. The summed E-state index contributed by atoms with van der Waals surface area (Å²) in [6.45, 7) is 5.64. The third-order valence-electron chi connectivity index (χ3n) is 2.54. The summed E-state index contributed by atoms with van der Waals surface area (Å²) in [5.74, 6) is -0.462. The summed E-state index contributed by atoms with van der Waals surface area (Å²) in [5.41, 5.74) is 1.76. The fourth-order valence-electron chi connectivity index (χ4n) is 1.56. The molecule has 99 valence electrons. The molecule has 0 aliphatic heterocycles. The Hall–Kier alpha value is -1.35. The Bertz CT molecular complexity index is 355. The molecular formula is C15H21O3. The zero-order valence-corrected chi connectivity index (χ0v) is 11.4. The quantitative estimate of drug-likeness (QED) is 0.415. The number of hydrogen-bond acceptors (Lipinski definition) is 3. The highest BCUT2D eigenvalue weighted by molar-refractivity contribution is 5.88. The Labute approximate surface area is 109 Å². The van der Waals surface area contributed by atoms with Crippen LogP contribution in [0.3, 0.4) is 0 Å². The van der Waals surface area contributed by atoms with Gasteiger partial charge in [0.25, 0.3) is 0 Å². The van der Waals surface area contributed by atoms with Gasteiger partial charge in [-0.05, 0) is 44.4 Å². The van der Waals surface area contributed by atoms with Crippen LogP contribution in [0.15, 0.2) is 24.3 Å². The molecule has 3 nitrogen and oxygen atoms in total. The molecule has 0 atom stereocenters. The molecule has 3 heteroatoms. The largest absolute Gasteiger partial charge is 0.373 e. The molecule has 0 saturated heterocycles. The van der Waals surface area contributed by atoms with Gasteiger partial charge in [-0.1, -0.05) is 31.9 Å². The van der Waals surface area contributed by atoms with Crippen LogP contribution in [0.1, 0.15) is 56.0 Å². The minimum Gasteiger partial charge on any atom is -0.292 e. The van der Waals surface area contributed by atoms with Crippen molar-refractivity contribution in [1.29, 1.82) is 0 Å². The van der Waals surface area contributed by atoms with Gasteiger partial charge in [0, 0.05) is 0 Å². The molecule has 0 bridgehead atoms. The van der Waals surface area contributed by atoms with Crippen LogP contribution in [-0.4, -0.2) is 5.97 Å². The van der Waals surface area contributed by atoms with Crippen molar-refractivity contribution in [3.05, 3.63) is 41.5 Å². The second kappa shape index (κ2) is 7.88. The summed E-state index contributed by atoms with van der Waals surface area (Å²) in [7, 11) is 0. The third-order valence-corrected chi connectivity index (χ3v) is 2.54. The van der Waals surface area contributed by atoms with Gasteiger partial charge in [0.05, 0.1) is 5.56 Å². The van der Waals surface area contributed by atoms with Gasteiger partial charge in [0.2, 0.25) is 0 Å². The highest BCUT2D eigenvalue weighted by Crippen LogP contribution is 2.11. The lowest BCUT2D eigenvalue weighted by molar-refractivity contribution is -0.229. The van der Waals surface area contributed by atoms with Gasteiger partial charge in [-0.15, -0.1) is 0 Å². The Kier molecular flexibility index (Phi) is 6.44. The topological polar surface area (TPSA) is 35.5 Å². The Morgan fingerprint density at radius 1 is 1.06 bits per heavy atom. The van der Waals surface area contributed by atoms with Gasteiger partial charge < -0.3 is 0 Å². The highest BCUT2D eigenvalue weighted by atomic mass is 17.2. The molecule has 1 aromatic carbocycles.